The first-order chi connectivity index (χ1) is 9.52. The summed E-state index contributed by atoms with van der Waals surface area (Å²) in [6.45, 7) is 6.61. The van der Waals surface area contributed by atoms with Crippen LogP contribution in [0.3, 0.4) is 0 Å². The summed E-state index contributed by atoms with van der Waals surface area (Å²) in [5.41, 5.74) is 0. The topological polar surface area (TPSA) is 49.4 Å². The van der Waals surface area contributed by atoms with Crippen LogP contribution in [0.5, 0.6) is 0 Å². The van der Waals surface area contributed by atoms with Gasteiger partial charge in [-0.3, -0.25) is 9.59 Å². The number of carbonyl (C=O) groups is 2. The molecule has 0 aromatic carbocycles. The van der Waals surface area contributed by atoms with E-state index in [-0.39, 0.29) is 23.9 Å². The molecule has 5 heteroatoms. The maximum absolute atomic E-state index is 12.6. The first-order valence-corrected chi connectivity index (χ1v) is 8.04. The maximum Gasteiger partial charge on any atom is 0.246 e. The number of nitrogens with one attached hydrogen (secondary N) is 1. The molecule has 2 rings (SSSR count). The standard InChI is InChI=1S/C15H22N2O2S/c1-4-13-14(18)16-12(8-10(2)3)15(19)17(13)9-11-6-5-7-20-11/h5-7,10,12-13H,4,8-9H2,1-3H3,(H,16,18). The smallest absolute Gasteiger partial charge is 0.246 e. The summed E-state index contributed by atoms with van der Waals surface area (Å²) < 4.78 is 0. The van der Waals surface area contributed by atoms with Gasteiger partial charge < -0.3 is 10.2 Å². The van der Waals surface area contributed by atoms with Crippen molar-refractivity contribution in [2.24, 2.45) is 5.92 Å². The molecule has 0 aliphatic carbocycles. The Labute approximate surface area is 124 Å². The summed E-state index contributed by atoms with van der Waals surface area (Å²) in [4.78, 5) is 27.7. The van der Waals surface area contributed by atoms with E-state index < -0.39 is 0 Å². The Morgan fingerprint density at radius 2 is 2.15 bits per heavy atom. The van der Waals surface area contributed by atoms with Gasteiger partial charge >= 0.3 is 0 Å². The average molecular weight is 294 g/mol. The molecule has 1 saturated heterocycles. The molecule has 0 radical (unpaired) electrons. The van der Waals surface area contributed by atoms with Gasteiger partial charge in [-0.15, -0.1) is 11.3 Å². The normalized spacial score (nSPS) is 23.3. The van der Waals surface area contributed by atoms with Gasteiger partial charge in [0.05, 0.1) is 6.54 Å². The number of piperazine rings is 1. The molecule has 1 aliphatic heterocycles. The van der Waals surface area contributed by atoms with Crippen LogP contribution in [0.25, 0.3) is 0 Å². The van der Waals surface area contributed by atoms with Gasteiger partial charge in [-0.2, -0.15) is 0 Å². The third kappa shape index (κ3) is 3.20. The minimum absolute atomic E-state index is 0.0192. The van der Waals surface area contributed by atoms with Crippen LogP contribution in [0, 0.1) is 5.92 Å². The molecule has 0 saturated carbocycles. The fourth-order valence-corrected chi connectivity index (χ4v) is 3.32. The van der Waals surface area contributed by atoms with E-state index in [9.17, 15) is 9.59 Å². The maximum atomic E-state index is 12.6. The lowest BCUT2D eigenvalue weighted by atomic mass is 9.97. The minimum atomic E-state index is -0.370. The first kappa shape index (κ1) is 15.0. The number of hydrogen-bond donors (Lipinski definition) is 1. The number of hydrogen-bond acceptors (Lipinski definition) is 3. The van der Waals surface area contributed by atoms with Crippen LogP contribution in [0.4, 0.5) is 0 Å². The van der Waals surface area contributed by atoms with Crippen LogP contribution in [-0.4, -0.2) is 28.8 Å². The minimum Gasteiger partial charge on any atom is -0.342 e. The molecule has 2 atom stereocenters. The quantitative estimate of drug-likeness (QED) is 0.906. The van der Waals surface area contributed by atoms with Crippen molar-refractivity contribution >= 4 is 23.2 Å². The van der Waals surface area contributed by atoms with Crippen molar-refractivity contribution in [1.29, 1.82) is 0 Å². The second-order valence-corrected chi connectivity index (χ2v) is 6.69. The number of nitrogens with zero attached hydrogens (tertiary/aromatic N) is 1. The van der Waals surface area contributed by atoms with E-state index in [1.54, 1.807) is 16.2 Å². The lowest BCUT2D eigenvalue weighted by Gasteiger charge is -2.39. The third-order valence-corrected chi connectivity index (χ3v) is 4.44. The first-order valence-electron chi connectivity index (χ1n) is 7.16. The lowest BCUT2D eigenvalue weighted by molar-refractivity contribution is -0.150. The summed E-state index contributed by atoms with van der Waals surface area (Å²) in [5.74, 6) is 0.416. The van der Waals surface area contributed by atoms with Crippen LogP contribution in [-0.2, 0) is 16.1 Å². The Bertz CT molecular complexity index is 470. The van der Waals surface area contributed by atoms with Gasteiger partial charge in [0, 0.05) is 4.88 Å². The van der Waals surface area contributed by atoms with Crippen LogP contribution < -0.4 is 5.32 Å². The zero-order valence-corrected chi connectivity index (χ0v) is 13.1. The molecule has 0 bridgehead atoms. The van der Waals surface area contributed by atoms with Gasteiger partial charge in [0.2, 0.25) is 11.8 Å². The van der Waals surface area contributed by atoms with Crippen LogP contribution in [0.1, 0.15) is 38.5 Å². The number of rotatable bonds is 5. The van der Waals surface area contributed by atoms with E-state index in [1.807, 2.05) is 24.4 Å². The molecular weight excluding hydrogens is 272 g/mol. The fraction of sp³-hybridized carbons (Fsp3) is 0.600. The molecule has 1 aromatic heterocycles. The van der Waals surface area contributed by atoms with Crippen molar-refractivity contribution in [2.75, 3.05) is 0 Å². The predicted molar refractivity (Wildman–Crippen MR) is 80.3 cm³/mol. The highest BCUT2D eigenvalue weighted by molar-refractivity contribution is 7.09. The van der Waals surface area contributed by atoms with E-state index in [1.165, 1.54) is 0 Å². The molecule has 1 fully saturated rings. The number of thiophene rings is 1. The molecule has 1 aliphatic rings. The van der Waals surface area contributed by atoms with Gasteiger partial charge in [-0.25, -0.2) is 0 Å². The van der Waals surface area contributed by atoms with Gasteiger partial charge in [0.1, 0.15) is 12.1 Å². The summed E-state index contributed by atoms with van der Waals surface area (Å²) >= 11 is 1.62. The Balaban J connectivity index is 2.18. The highest BCUT2D eigenvalue weighted by atomic mass is 32.1. The number of amides is 2. The summed E-state index contributed by atoms with van der Waals surface area (Å²) in [6.07, 6.45) is 1.35. The Kier molecular flexibility index (Phi) is 4.81. The van der Waals surface area contributed by atoms with Gasteiger partial charge in [0.15, 0.2) is 0 Å². The van der Waals surface area contributed by atoms with Crippen molar-refractivity contribution in [3.8, 4) is 0 Å². The summed E-state index contributed by atoms with van der Waals surface area (Å²) in [5, 5.41) is 4.88. The summed E-state index contributed by atoms with van der Waals surface area (Å²) in [6, 6.07) is 3.27. The summed E-state index contributed by atoms with van der Waals surface area (Å²) in [7, 11) is 0. The van der Waals surface area contributed by atoms with Crippen molar-refractivity contribution in [2.45, 2.75) is 52.2 Å². The molecule has 2 amide bonds. The van der Waals surface area contributed by atoms with Crippen molar-refractivity contribution < 1.29 is 9.59 Å². The second-order valence-electron chi connectivity index (χ2n) is 5.66. The monoisotopic (exact) mass is 294 g/mol. The molecule has 4 nitrogen and oxygen atoms in total. The van der Waals surface area contributed by atoms with Gasteiger partial charge in [-0.1, -0.05) is 26.8 Å². The van der Waals surface area contributed by atoms with Crippen LogP contribution >= 0.6 is 11.3 Å². The van der Waals surface area contributed by atoms with E-state index >= 15 is 0 Å². The Morgan fingerprint density at radius 1 is 1.40 bits per heavy atom. The molecule has 110 valence electrons. The van der Waals surface area contributed by atoms with E-state index in [4.69, 9.17) is 0 Å². The average Bonchev–Trinajstić information content (AvgIpc) is 2.88. The second kappa shape index (κ2) is 6.39. The zero-order chi connectivity index (χ0) is 14.7. The Morgan fingerprint density at radius 3 is 2.70 bits per heavy atom. The van der Waals surface area contributed by atoms with Crippen molar-refractivity contribution in [3.63, 3.8) is 0 Å². The molecular formula is C15H22N2O2S. The van der Waals surface area contributed by atoms with Crippen LogP contribution in [0.2, 0.25) is 0 Å². The molecule has 1 N–H and O–H groups in total. The van der Waals surface area contributed by atoms with Gasteiger partial charge in [0.25, 0.3) is 0 Å². The highest BCUT2D eigenvalue weighted by Crippen LogP contribution is 2.21. The lowest BCUT2D eigenvalue weighted by Crippen LogP contribution is -2.62. The number of carbonyl (C=O) groups excluding carboxylic acids is 2. The van der Waals surface area contributed by atoms with E-state index in [0.29, 0.717) is 25.3 Å². The molecule has 2 unspecified atom stereocenters. The van der Waals surface area contributed by atoms with Crippen molar-refractivity contribution in [3.05, 3.63) is 22.4 Å². The Hall–Kier alpha value is -1.36. The third-order valence-electron chi connectivity index (χ3n) is 3.58. The fourth-order valence-electron chi connectivity index (χ4n) is 2.62. The predicted octanol–water partition coefficient (Wildman–Crippen LogP) is 2.40. The molecule has 20 heavy (non-hydrogen) atoms. The van der Waals surface area contributed by atoms with Gasteiger partial charge in [-0.05, 0) is 30.2 Å². The largest absolute Gasteiger partial charge is 0.342 e. The van der Waals surface area contributed by atoms with Crippen molar-refractivity contribution in [1.82, 2.24) is 10.2 Å². The van der Waals surface area contributed by atoms with E-state index in [2.05, 4.69) is 19.2 Å². The SMILES string of the molecule is CCC1C(=O)NC(CC(C)C)C(=O)N1Cc1cccs1. The molecule has 0 spiro atoms. The molecule has 1 aromatic rings. The van der Waals surface area contributed by atoms with Crippen LogP contribution in [0.15, 0.2) is 17.5 Å². The molecule has 2 heterocycles. The van der Waals surface area contributed by atoms with E-state index in [0.717, 1.165) is 4.88 Å². The highest BCUT2D eigenvalue weighted by Gasteiger charge is 2.39. The zero-order valence-electron chi connectivity index (χ0n) is 12.3.